The van der Waals surface area contributed by atoms with Gasteiger partial charge in [-0.1, -0.05) is 11.8 Å². The third-order valence-corrected chi connectivity index (χ3v) is 4.59. The Morgan fingerprint density at radius 3 is 2.65 bits per heavy atom. The second-order valence-electron chi connectivity index (χ2n) is 5.51. The molecular weight excluding hydrogens is 312 g/mol. The van der Waals surface area contributed by atoms with Crippen molar-refractivity contribution in [2.24, 2.45) is 7.05 Å². The van der Waals surface area contributed by atoms with Gasteiger partial charge in [-0.25, -0.2) is 0 Å². The number of rotatable bonds is 5. The molecule has 2 heterocycles. The minimum atomic E-state index is -0.834. The van der Waals surface area contributed by atoms with Crippen LogP contribution >= 0.6 is 11.8 Å². The summed E-state index contributed by atoms with van der Waals surface area (Å²) in [5.74, 6) is 0.785. The maximum atomic E-state index is 12.2. The van der Waals surface area contributed by atoms with Crippen molar-refractivity contribution in [2.75, 3.05) is 12.8 Å². The average Bonchev–Trinajstić information content (AvgIpc) is 2.93. The van der Waals surface area contributed by atoms with Gasteiger partial charge in [0.2, 0.25) is 5.91 Å². The smallest absolute Gasteiger partial charge is 0.234 e. The minimum absolute atomic E-state index is 0.130. The van der Waals surface area contributed by atoms with Crippen molar-refractivity contribution in [1.82, 2.24) is 24.6 Å². The number of thioether (sulfide) groups is 1. The Morgan fingerprint density at radius 1 is 1.39 bits per heavy atom. The van der Waals surface area contributed by atoms with Gasteiger partial charge < -0.3 is 9.47 Å². The van der Waals surface area contributed by atoms with Gasteiger partial charge in [0.15, 0.2) is 11.0 Å². The zero-order valence-electron chi connectivity index (χ0n) is 13.5. The van der Waals surface area contributed by atoms with Gasteiger partial charge in [0, 0.05) is 32.1 Å². The van der Waals surface area contributed by atoms with Crippen molar-refractivity contribution in [1.29, 1.82) is 5.26 Å². The van der Waals surface area contributed by atoms with Gasteiger partial charge in [0.1, 0.15) is 5.54 Å². The number of hydrogen-bond acceptors (Lipinski definition) is 6. The highest BCUT2D eigenvalue weighted by atomic mass is 32.2. The van der Waals surface area contributed by atoms with E-state index in [0.717, 1.165) is 5.56 Å². The molecule has 0 aliphatic heterocycles. The summed E-state index contributed by atoms with van der Waals surface area (Å²) in [6, 6.07) is 5.82. The van der Waals surface area contributed by atoms with Gasteiger partial charge in [-0.3, -0.25) is 9.78 Å². The molecule has 0 saturated heterocycles. The number of carbonyl (C=O) groups is 1. The Hall–Kier alpha value is -2.40. The molecule has 2 rings (SSSR count). The summed E-state index contributed by atoms with van der Waals surface area (Å²) in [4.78, 5) is 17.6. The SMILES string of the molecule is CN(C(=O)CSc1nnc(-c2ccncc2)n1C)C(C)(C)C#N. The molecule has 0 saturated carbocycles. The molecule has 0 radical (unpaired) electrons. The number of hydrogen-bond donors (Lipinski definition) is 0. The summed E-state index contributed by atoms with van der Waals surface area (Å²) in [6.07, 6.45) is 3.39. The molecular formula is C15H18N6OS. The summed E-state index contributed by atoms with van der Waals surface area (Å²) in [5.41, 5.74) is 0.0793. The first-order chi connectivity index (χ1) is 10.9. The van der Waals surface area contributed by atoms with Crippen LogP contribution in [0.15, 0.2) is 29.7 Å². The molecule has 0 N–H and O–H groups in total. The number of nitrogens with zero attached hydrogens (tertiary/aromatic N) is 6. The van der Waals surface area contributed by atoms with E-state index in [1.54, 1.807) is 33.3 Å². The van der Waals surface area contributed by atoms with Crippen LogP contribution in [0.2, 0.25) is 0 Å². The van der Waals surface area contributed by atoms with Crippen molar-refractivity contribution in [2.45, 2.75) is 24.5 Å². The van der Waals surface area contributed by atoms with Crippen molar-refractivity contribution in [3.05, 3.63) is 24.5 Å². The Kier molecular flexibility index (Phi) is 5.01. The molecule has 23 heavy (non-hydrogen) atoms. The molecule has 2 aromatic heterocycles. The predicted molar refractivity (Wildman–Crippen MR) is 87.4 cm³/mol. The van der Waals surface area contributed by atoms with Gasteiger partial charge >= 0.3 is 0 Å². The van der Waals surface area contributed by atoms with Gasteiger partial charge in [-0.15, -0.1) is 10.2 Å². The quantitative estimate of drug-likeness (QED) is 0.776. The molecule has 0 unspecified atom stereocenters. The van der Waals surface area contributed by atoms with Crippen molar-refractivity contribution in [3.63, 3.8) is 0 Å². The van der Waals surface area contributed by atoms with E-state index in [2.05, 4.69) is 21.3 Å². The van der Waals surface area contributed by atoms with Crippen molar-refractivity contribution in [3.8, 4) is 17.5 Å². The van der Waals surface area contributed by atoms with Crippen LogP contribution in [0.3, 0.4) is 0 Å². The highest BCUT2D eigenvalue weighted by Crippen LogP contribution is 2.23. The van der Waals surface area contributed by atoms with E-state index in [0.29, 0.717) is 11.0 Å². The van der Waals surface area contributed by atoms with Crippen LogP contribution in [0, 0.1) is 11.3 Å². The fraction of sp³-hybridized carbons (Fsp3) is 0.400. The minimum Gasteiger partial charge on any atom is -0.327 e. The second-order valence-corrected chi connectivity index (χ2v) is 6.46. The second kappa shape index (κ2) is 6.79. The number of carbonyl (C=O) groups excluding carboxylic acids is 1. The third-order valence-electron chi connectivity index (χ3n) is 3.58. The first-order valence-corrected chi connectivity index (χ1v) is 7.96. The van der Waals surface area contributed by atoms with Crippen LogP contribution in [0.25, 0.3) is 11.4 Å². The summed E-state index contributed by atoms with van der Waals surface area (Å²) in [5, 5.41) is 18.0. The molecule has 0 atom stereocenters. The lowest BCUT2D eigenvalue weighted by Gasteiger charge is -2.28. The molecule has 120 valence electrons. The van der Waals surface area contributed by atoms with Crippen LogP contribution in [0.5, 0.6) is 0 Å². The summed E-state index contributed by atoms with van der Waals surface area (Å²) in [6.45, 7) is 3.42. The molecule has 7 nitrogen and oxygen atoms in total. The van der Waals surface area contributed by atoms with Crippen LogP contribution < -0.4 is 0 Å². The summed E-state index contributed by atoms with van der Waals surface area (Å²) < 4.78 is 1.84. The van der Waals surface area contributed by atoms with E-state index in [4.69, 9.17) is 5.26 Å². The van der Waals surface area contributed by atoms with Crippen molar-refractivity contribution < 1.29 is 4.79 Å². The van der Waals surface area contributed by atoms with Gasteiger partial charge in [0.25, 0.3) is 0 Å². The zero-order chi connectivity index (χ0) is 17.0. The lowest BCUT2D eigenvalue weighted by Crippen LogP contribution is -2.44. The Balaban J connectivity index is 2.07. The van der Waals surface area contributed by atoms with E-state index in [1.165, 1.54) is 16.7 Å². The van der Waals surface area contributed by atoms with Crippen LogP contribution in [0.1, 0.15) is 13.8 Å². The van der Waals surface area contributed by atoms with E-state index >= 15 is 0 Å². The van der Waals surface area contributed by atoms with Gasteiger partial charge in [0.05, 0.1) is 11.8 Å². The fourth-order valence-electron chi connectivity index (χ4n) is 1.80. The van der Waals surface area contributed by atoms with E-state index < -0.39 is 5.54 Å². The number of pyridine rings is 1. The van der Waals surface area contributed by atoms with Gasteiger partial charge in [-0.2, -0.15) is 5.26 Å². The highest BCUT2D eigenvalue weighted by Gasteiger charge is 2.27. The number of aromatic nitrogens is 4. The average molecular weight is 330 g/mol. The Morgan fingerprint density at radius 2 is 2.04 bits per heavy atom. The molecule has 8 heteroatoms. The summed E-state index contributed by atoms with van der Waals surface area (Å²) in [7, 11) is 3.48. The molecule has 0 aromatic carbocycles. The standard InChI is InChI=1S/C15H18N6OS/c1-15(2,10-16)21(4)12(22)9-23-14-19-18-13(20(14)3)11-5-7-17-8-6-11/h5-8H,9H2,1-4H3. The van der Waals surface area contributed by atoms with Gasteiger partial charge in [-0.05, 0) is 26.0 Å². The molecule has 0 bridgehead atoms. The molecule has 0 fully saturated rings. The first kappa shape index (κ1) is 17.0. The predicted octanol–water partition coefficient (Wildman–Crippen LogP) is 1.73. The normalized spacial score (nSPS) is 11.1. The zero-order valence-corrected chi connectivity index (χ0v) is 14.3. The van der Waals surface area contributed by atoms with Crippen LogP contribution in [-0.4, -0.2) is 48.9 Å². The maximum absolute atomic E-state index is 12.2. The van der Waals surface area contributed by atoms with Crippen molar-refractivity contribution >= 4 is 17.7 Å². The topological polar surface area (TPSA) is 87.7 Å². The van der Waals surface area contributed by atoms with Crippen LogP contribution in [-0.2, 0) is 11.8 Å². The van der Waals surface area contributed by atoms with E-state index in [-0.39, 0.29) is 11.7 Å². The third kappa shape index (κ3) is 3.68. The summed E-state index contributed by atoms with van der Waals surface area (Å²) >= 11 is 1.30. The maximum Gasteiger partial charge on any atom is 0.234 e. The van der Waals surface area contributed by atoms with Crippen LogP contribution in [0.4, 0.5) is 0 Å². The van der Waals surface area contributed by atoms with E-state index in [9.17, 15) is 4.79 Å². The molecule has 0 aliphatic carbocycles. The molecule has 0 aliphatic rings. The largest absolute Gasteiger partial charge is 0.327 e. The Labute approximate surface area is 139 Å². The number of amides is 1. The lowest BCUT2D eigenvalue weighted by molar-refractivity contribution is -0.130. The Bertz CT molecular complexity index is 734. The monoisotopic (exact) mass is 330 g/mol. The number of nitriles is 1. The molecule has 0 spiro atoms. The van der Waals surface area contributed by atoms with E-state index in [1.807, 2.05) is 23.7 Å². The molecule has 1 amide bonds. The first-order valence-electron chi connectivity index (χ1n) is 6.97. The molecule has 2 aromatic rings. The highest BCUT2D eigenvalue weighted by molar-refractivity contribution is 7.99. The fourth-order valence-corrected chi connectivity index (χ4v) is 2.63. The lowest BCUT2D eigenvalue weighted by atomic mass is 10.1.